The number of nitrogens with zero attached hydrogens (tertiary/aromatic N) is 3. The number of guanidine groups is 1. The van der Waals surface area contributed by atoms with Crippen LogP contribution >= 0.6 is 0 Å². The van der Waals surface area contributed by atoms with Crippen molar-refractivity contribution in [1.29, 1.82) is 0 Å². The summed E-state index contributed by atoms with van der Waals surface area (Å²) in [6.45, 7) is 16.6. The Kier molecular flexibility index (Phi) is 10.0. The average Bonchev–Trinajstić information content (AvgIpc) is 2.73. The predicted molar refractivity (Wildman–Crippen MR) is 132 cm³/mol. The van der Waals surface area contributed by atoms with Gasteiger partial charge in [-0.1, -0.05) is 30.3 Å². The van der Waals surface area contributed by atoms with E-state index in [-0.39, 0.29) is 6.09 Å². The number of carbonyl (C=O) groups excluding carboxylic acids is 1. The molecule has 1 saturated heterocycles. The minimum absolute atomic E-state index is 0.317. The van der Waals surface area contributed by atoms with E-state index in [1.807, 2.05) is 39.0 Å². The molecular weight excluding hydrogens is 402 g/mol. The minimum Gasteiger partial charge on any atom is -0.444 e. The molecule has 178 valence electrons. The molecule has 0 aromatic heterocycles. The van der Waals surface area contributed by atoms with Crippen LogP contribution in [-0.4, -0.2) is 66.7 Å². The fourth-order valence-electron chi connectivity index (χ4n) is 3.55. The molecule has 1 aliphatic heterocycles. The summed E-state index contributed by atoms with van der Waals surface area (Å²) in [5, 5.41) is 6.94. The first kappa shape index (κ1) is 25.7. The Hall–Kier alpha value is -2.54. The summed E-state index contributed by atoms with van der Waals surface area (Å²) in [7, 11) is 1.75. The molecule has 7 heteroatoms. The lowest BCUT2D eigenvalue weighted by Gasteiger charge is -2.32. The Morgan fingerprint density at radius 2 is 1.88 bits per heavy atom. The van der Waals surface area contributed by atoms with Gasteiger partial charge in [-0.15, -0.1) is 6.58 Å². The van der Waals surface area contributed by atoms with E-state index in [0.29, 0.717) is 19.1 Å². The second kappa shape index (κ2) is 12.5. The number of hydrogen-bond acceptors (Lipinski definition) is 4. The van der Waals surface area contributed by atoms with Crippen molar-refractivity contribution in [1.82, 2.24) is 20.4 Å². The number of piperidine rings is 1. The van der Waals surface area contributed by atoms with E-state index in [1.54, 1.807) is 11.9 Å². The van der Waals surface area contributed by atoms with Crippen LogP contribution in [0, 0.1) is 0 Å². The zero-order chi connectivity index (χ0) is 23.6. The van der Waals surface area contributed by atoms with E-state index in [0.717, 1.165) is 56.1 Å². The van der Waals surface area contributed by atoms with E-state index < -0.39 is 5.60 Å². The molecule has 1 aliphatic rings. The molecule has 0 spiro atoms. The molecular formula is C25H41N5O2. The van der Waals surface area contributed by atoms with E-state index in [2.05, 4.69) is 41.2 Å². The number of hydrogen-bond donors (Lipinski definition) is 2. The molecule has 0 saturated carbocycles. The van der Waals surface area contributed by atoms with Crippen LogP contribution in [0.3, 0.4) is 0 Å². The van der Waals surface area contributed by atoms with Gasteiger partial charge >= 0.3 is 6.09 Å². The number of rotatable bonds is 8. The van der Waals surface area contributed by atoms with E-state index in [1.165, 1.54) is 0 Å². The molecule has 32 heavy (non-hydrogen) atoms. The normalized spacial score (nSPS) is 15.8. The molecule has 1 aromatic rings. The lowest BCUT2D eigenvalue weighted by Crippen LogP contribution is -2.48. The third-order valence-corrected chi connectivity index (χ3v) is 5.23. The highest BCUT2D eigenvalue weighted by Gasteiger charge is 2.20. The van der Waals surface area contributed by atoms with Crippen LogP contribution in [-0.2, 0) is 17.8 Å². The molecule has 0 atom stereocenters. The van der Waals surface area contributed by atoms with Crippen LogP contribution < -0.4 is 10.6 Å². The summed E-state index contributed by atoms with van der Waals surface area (Å²) >= 11 is 0. The quantitative estimate of drug-likeness (QED) is 0.364. The van der Waals surface area contributed by atoms with Gasteiger partial charge in [-0.05, 0) is 51.7 Å². The van der Waals surface area contributed by atoms with Crippen LogP contribution in [0.5, 0.6) is 0 Å². The van der Waals surface area contributed by atoms with Crippen molar-refractivity contribution in [2.45, 2.75) is 65.3 Å². The SMILES string of the molecule is C=CCN1CCC(NC(=NCc2ccc(CN(C)C(=O)OC(C)(C)C)cc2)NCC)CC1. The smallest absolute Gasteiger partial charge is 0.410 e. The zero-order valence-electron chi connectivity index (χ0n) is 20.5. The van der Waals surface area contributed by atoms with Gasteiger partial charge in [-0.25, -0.2) is 9.79 Å². The monoisotopic (exact) mass is 443 g/mol. The first-order valence-electron chi connectivity index (χ1n) is 11.6. The van der Waals surface area contributed by atoms with Gasteiger partial charge in [0.05, 0.1) is 6.54 Å². The molecule has 2 N–H and O–H groups in total. The molecule has 7 nitrogen and oxygen atoms in total. The minimum atomic E-state index is -0.492. The topological polar surface area (TPSA) is 69.2 Å². The number of carbonyl (C=O) groups is 1. The first-order chi connectivity index (χ1) is 15.2. The summed E-state index contributed by atoms with van der Waals surface area (Å²) in [5.74, 6) is 0.864. The number of aliphatic imine (C=N–C) groups is 1. The van der Waals surface area contributed by atoms with Crippen LogP contribution in [0.25, 0.3) is 0 Å². The summed E-state index contributed by atoms with van der Waals surface area (Å²) < 4.78 is 5.41. The molecule has 0 bridgehead atoms. The fraction of sp³-hybridized carbons (Fsp3) is 0.600. The molecule has 1 amide bonds. The molecule has 1 aromatic carbocycles. The molecule has 2 rings (SSSR count). The summed E-state index contributed by atoms with van der Waals surface area (Å²) in [6, 6.07) is 8.67. The van der Waals surface area contributed by atoms with E-state index in [9.17, 15) is 4.79 Å². The Morgan fingerprint density at radius 1 is 1.25 bits per heavy atom. The highest BCUT2D eigenvalue weighted by molar-refractivity contribution is 5.80. The Labute approximate surface area is 193 Å². The van der Waals surface area contributed by atoms with Crippen molar-refractivity contribution in [3.63, 3.8) is 0 Å². The van der Waals surface area contributed by atoms with Gasteiger partial charge in [0.1, 0.15) is 5.60 Å². The maximum Gasteiger partial charge on any atom is 0.410 e. The zero-order valence-corrected chi connectivity index (χ0v) is 20.5. The maximum atomic E-state index is 12.1. The highest BCUT2D eigenvalue weighted by atomic mass is 16.6. The second-order valence-electron chi connectivity index (χ2n) is 9.36. The largest absolute Gasteiger partial charge is 0.444 e. The predicted octanol–water partition coefficient (Wildman–Crippen LogP) is 3.76. The summed E-state index contributed by atoms with van der Waals surface area (Å²) in [6.07, 6.45) is 3.87. The molecule has 0 aliphatic carbocycles. The third kappa shape index (κ3) is 9.30. The van der Waals surface area contributed by atoms with Gasteiger partial charge < -0.3 is 20.3 Å². The Morgan fingerprint density at radius 3 is 2.44 bits per heavy atom. The van der Waals surface area contributed by atoms with Crippen molar-refractivity contribution in [2.24, 2.45) is 4.99 Å². The van der Waals surface area contributed by atoms with E-state index >= 15 is 0 Å². The molecule has 1 heterocycles. The average molecular weight is 444 g/mol. The Balaban J connectivity index is 1.87. The third-order valence-electron chi connectivity index (χ3n) is 5.23. The lowest BCUT2D eigenvalue weighted by atomic mass is 10.1. The molecule has 0 unspecified atom stereocenters. The number of ether oxygens (including phenoxy) is 1. The van der Waals surface area contributed by atoms with Gasteiger partial charge in [0.2, 0.25) is 0 Å². The maximum absolute atomic E-state index is 12.1. The fourth-order valence-corrected chi connectivity index (χ4v) is 3.55. The van der Waals surface area contributed by atoms with Crippen LogP contribution in [0.4, 0.5) is 4.79 Å². The highest BCUT2D eigenvalue weighted by Crippen LogP contribution is 2.13. The van der Waals surface area contributed by atoms with Crippen molar-refractivity contribution >= 4 is 12.1 Å². The number of likely N-dealkylation sites (tertiary alicyclic amines) is 1. The van der Waals surface area contributed by atoms with Crippen molar-refractivity contribution < 1.29 is 9.53 Å². The van der Waals surface area contributed by atoms with Gasteiger partial charge in [-0.2, -0.15) is 0 Å². The van der Waals surface area contributed by atoms with Crippen LogP contribution in [0.2, 0.25) is 0 Å². The van der Waals surface area contributed by atoms with E-state index in [4.69, 9.17) is 9.73 Å². The number of benzene rings is 1. The van der Waals surface area contributed by atoms with Gasteiger partial charge in [0.25, 0.3) is 0 Å². The second-order valence-corrected chi connectivity index (χ2v) is 9.36. The van der Waals surface area contributed by atoms with Crippen molar-refractivity contribution in [2.75, 3.05) is 33.2 Å². The Bertz CT molecular complexity index is 747. The van der Waals surface area contributed by atoms with Gasteiger partial charge in [0.15, 0.2) is 5.96 Å². The number of nitrogens with one attached hydrogen (secondary N) is 2. The van der Waals surface area contributed by atoms with Gasteiger partial charge in [0, 0.05) is 45.8 Å². The van der Waals surface area contributed by atoms with Crippen molar-refractivity contribution in [3.05, 3.63) is 48.0 Å². The summed E-state index contributed by atoms with van der Waals surface area (Å²) in [4.78, 5) is 20.9. The lowest BCUT2D eigenvalue weighted by molar-refractivity contribution is 0.0285. The standard InChI is InChI=1S/C25H41N5O2/c1-7-15-30-16-13-22(14-17-30)28-23(26-8-2)27-18-20-9-11-21(12-10-20)19-29(6)24(31)32-25(3,4)5/h7,9-12,22H,1,8,13-19H2,2-6H3,(H2,26,27,28). The van der Waals surface area contributed by atoms with Crippen LogP contribution in [0.15, 0.2) is 41.9 Å². The molecule has 0 radical (unpaired) electrons. The number of amides is 1. The summed E-state index contributed by atoms with van der Waals surface area (Å²) in [5.41, 5.74) is 1.70. The van der Waals surface area contributed by atoms with Crippen molar-refractivity contribution in [3.8, 4) is 0 Å². The molecule has 1 fully saturated rings. The first-order valence-corrected chi connectivity index (χ1v) is 11.6. The van der Waals surface area contributed by atoms with Gasteiger partial charge in [-0.3, -0.25) is 4.90 Å². The van der Waals surface area contributed by atoms with Crippen LogP contribution in [0.1, 0.15) is 51.7 Å².